The number of nitrogens with one attached hydrogen (secondary N) is 1. The summed E-state index contributed by atoms with van der Waals surface area (Å²) in [4.78, 5) is 12.0. The summed E-state index contributed by atoms with van der Waals surface area (Å²) in [6.07, 6.45) is 3.86. The summed E-state index contributed by atoms with van der Waals surface area (Å²) in [5.41, 5.74) is 2.81. The smallest absolute Gasteiger partial charge is 0.408 e. The molecule has 5 rings (SSSR count). The SMILES string of the molecule is O=c1oc2cc(Nc3nnc(-c4ccon4)s3)ccc2n1CC1CC1. The first-order chi connectivity index (χ1) is 12.3. The van der Waals surface area contributed by atoms with Crippen LogP contribution in [-0.2, 0) is 6.54 Å². The summed E-state index contributed by atoms with van der Waals surface area (Å²) in [6.45, 7) is 0.732. The Kier molecular flexibility index (Phi) is 3.20. The van der Waals surface area contributed by atoms with E-state index in [1.54, 1.807) is 16.7 Å². The Bertz CT molecular complexity index is 1090. The van der Waals surface area contributed by atoms with E-state index in [1.165, 1.54) is 30.4 Å². The van der Waals surface area contributed by atoms with Crippen LogP contribution in [0.2, 0.25) is 0 Å². The monoisotopic (exact) mass is 355 g/mol. The second kappa shape index (κ2) is 5.55. The van der Waals surface area contributed by atoms with Crippen molar-refractivity contribution < 1.29 is 8.94 Å². The number of rotatable bonds is 5. The average molecular weight is 355 g/mol. The maximum Gasteiger partial charge on any atom is 0.419 e. The van der Waals surface area contributed by atoms with Crippen molar-refractivity contribution in [2.75, 3.05) is 5.32 Å². The Morgan fingerprint density at radius 2 is 2.20 bits per heavy atom. The molecule has 9 heteroatoms. The molecule has 3 aromatic heterocycles. The third kappa shape index (κ3) is 2.72. The van der Waals surface area contributed by atoms with Gasteiger partial charge < -0.3 is 14.3 Å². The third-order valence-corrected chi connectivity index (χ3v) is 5.00. The molecule has 1 saturated carbocycles. The van der Waals surface area contributed by atoms with Crippen LogP contribution in [-0.4, -0.2) is 19.9 Å². The standard InChI is InChI=1S/C16H13N5O3S/c22-16-21(8-9-1-2-9)12-4-3-10(7-13(12)24-16)17-15-19-18-14(25-15)11-5-6-23-20-11/h3-7,9H,1-2,8H2,(H,17,19). The highest BCUT2D eigenvalue weighted by Crippen LogP contribution is 2.32. The van der Waals surface area contributed by atoms with Crippen LogP contribution in [0.3, 0.4) is 0 Å². The zero-order valence-corrected chi connectivity index (χ0v) is 13.8. The molecule has 0 bridgehead atoms. The fourth-order valence-corrected chi connectivity index (χ4v) is 3.42. The summed E-state index contributed by atoms with van der Waals surface area (Å²) < 4.78 is 11.9. The fourth-order valence-electron chi connectivity index (χ4n) is 2.70. The number of fused-ring (bicyclic) bond motifs is 1. The van der Waals surface area contributed by atoms with E-state index in [9.17, 15) is 4.79 Å². The van der Waals surface area contributed by atoms with Crippen molar-refractivity contribution in [3.63, 3.8) is 0 Å². The Balaban J connectivity index is 1.42. The minimum Gasteiger partial charge on any atom is -0.408 e. The normalized spacial score (nSPS) is 14.2. The minimum absolute atomic E-state index is 0.303. The molecule has 1 fully saturated rings. The van der Waals surface area contributed by atoms with Crippen LogP contribution < -0.4 is 11.1 Å². The van der Waals surface area contributed by atoms with Gasteiger partial charge in [-0.15, -0.1) is 10.2 Å². The molecule has 4 aromatic rings. The van der Waals surface area contributed by atoms with E-state index < -0.39 is 0 Å². The van der Waals surface area contributed by atoms with Crippen LogP contribution in [0.15, 0.2) is 44.3 Å². The van der Waals surface area contributed by atoms with E-state index >= 15 is 0 Å². The lowest BCUT2D eigenvalue weighted by Gasteiger charge is -2.02. The highest BCUT2D eigenvalue weighted by atomic mass is 32.1. The number of aromatic nitrogens is 4. The van der Waals surface area contributed by atoms with Crippen molar-refractivity contribution in [1.82, 2.24) is 19.9 Å². The maximum atomic E-state index is 12.0. The molecular formula is C16H13N5O3S. The zero-order chi connectivity index (χ0) is 16.8. The van der Waals surface area contributed by atoms with Gasteiger partial charge in [0, 0.05) is 24.4 Å². The van der Waals surface area contributed by atoms with Gasteiger partial charge in [-0.1, -0.05) is 16.5 Å². The highest BCUT2D eigenvalue weighted by molar-refractivity contribution is 7.18. The number of anilines is 2. The highest BCUT2D eigenvalue weighted by Gasteiger charge is 2.24. The molecule has 3 heterocycles. The average Bonchev–Trinajstić information content (AvgIpc) is 3.00. The number of nitrogens with zero attached hydrogens (tertiary/aromatic N) is 4. The Morgan fingerprint density at radius 1 is 1.28 bits per heavy atom. The van der Waals surface area contributed by atoms with E-state index in [0.29, 0.717) is 27.3 Å². The fraction of sp³-hybridized carbons (Fsp3) is 0.250. The van der Waals surface area contributed by atoms with E-state index in [4.69, 9.17) is 8.94 Å². The van der Waals surface area contributed by atoms with Gasteiger partial charge in [-0.2, -0.15) is 0 Å². The summed E-state index contributed by atoms with van der Waals surface area (Å²) in [7, 11) is 0. The number of oxazole rings is 1. The van der Waals surface area contributed by atoms with E-state index in [-0.39, 0.29) is 5.76 Å². The molecule has 1 aromatic carbocycles. The van der Waals surface area contributed by atoms with Crippen molar-refractivity contribution in [2.24, 2.45) is 5.92 Å². The molecule has 0 amide bonds. The lowest BCUT2D eigenvalue weighted by Crippen LogP contribution is -2.14. The van der Waals surface area contributed by atoms with Gasteiger partial charge in [0.1, 0.15) is 12.0 Å². The van der Waals surface area contributed by atoms with Crippen LogP contribution in [0, 0.1) is 5.92 Å². The van der Waals surface area contributed by atoms with Gasteiger partial charge in [0.05, 0.1) is 5.52 Å². The molecule has 1 N–H and O–H groups in total. The molecule has 0 aliphatic heterocycles. The molecule has 1 aliphatic rings. The van der Waals surface area contributed by atoms with E-state index in [2.05, 4.69) is 20.7 Å². The molecule has 0 unspecified atom stereocenters. The first-order valence-corrected chi connectivity index (χ1v) is 8.72. The molecule has 0 radical (unpaired) electrons. The Hall–Kier alpha value is -2.94. The predicted molar refractivity (Wildman–Crippen MR) is 91.9 cm³/mol. The molecular weight excluding hydrogens is 342 g/mol. The van der Waals surface area contributed by atoms with Crippen LogP contribution >= 0.6 is 11.3 Å². The van der Waals surface area contributed by atoms with Crippen molar-refractivity contribution in [2.45, 2.75) is 19.4 Å². The Labute approximate surface area is 145 Å². The second-order valence-electron chi connectivity index (χ2n) is 6.03. The van der Waals surface area contributed by atoms with Crippen molar-refractivity contribution in [3.05, 3.63) is 41.1 Å². The van der Waals surface area contributed by atoms with Gasteiger partial charge >= 0.3 is 5.76 Å². The maximum absolute atomic E-state index is 12.0. The van der Waals surface area contributed by atoms with Crippen LogP contribution in [0.5, 0.6) is 0 Å². The number of benzene rings is 1. The Morgan fingerprint density at radius 3 is 3.00 bits per heavy atom. The topological polar surface area (TPSA) is 99.0 Å². The molecule has 0 atom stereocenters. The van der Waals surface area contributed by atoms with Gasteiger partial charge in [-0.25, -0.2) is 4.79 Å². The molecule has 25 heavy (non-hydrogen) atoms. The van der Waals surface area contributed by atoms with Crippen molar-refractivity contribution in [1.29, 1.82) is 0 Å². The molecule has 126 valence electrons. The van der Waals surface area contributed by atoms with Gasteiger partial charge in [0.15, 0.2) is 10.6 Å². The molecule has 1 aliphatic carbocycles. The lowest BCUT2D eigenvalue weighted by molar-refractivity contribution is 0.422. The van der Waals surface area contributed by atoms with Crippen molar-refractivity contribution in [3.8, 4) is 10.7 Å². The first-order valence-electron chi connectivity index (χ1n) is 7.91. The van der Waals surface area contributed by atoms with Gasteiger partial charge in [-0.05, 0) is 30.9 Å². The summed E-state index contributed by atoms with van der Waals surface area (Å²) in [5.74, 6) is 0.302. The number of hydrogen-bond acceptors (Lipinski definition) is 8. The van der Waals surface area contributed by atoms with Crippen LogP contribution in [0.4, 0.5) is 10.8 Å². The summed E-state index contributed by atoms with van der Waals surface area (Å²) >= 11 is 1.36. The van der Waals surface area contributed by atoms with Gasteiger partial charge in [0.25, 0.3) is 0 Å². The van der Waals surface area contributed by atoms with E-state index in [1.807, 2.05) is 12.1 Å². The van der Waals surface area contributed by atoms with E-state index in [0.717, 1.165) is 17.7 Å². The molecule has 8 nitrogen and oxygen atoms in total. The minimum atomic E-state index is -0.303. The third-order valence-electron chi connectivity index (χ3n) is 4.14. The van der Waals surface area contributed by atoms with Crippen molar-refractivity contribution >= 4 is 33.3 Å². The lowest BCUT2D eigenvalue weighted by atomic mass is 10.3. The van der Waals surface area contributed by atoms with Crippen LogP contribution in [0.1, 0.15) is 12.8 Å². The largest absolute Gasteiger partial charge is 0.419 e. The summed E-state index contributed by atoms with van der Waals surface area (Å²) in [5, 5.41) is 16.5. The second-order valence-corrected chi connectivity index (χ2v) is 7.00. The molecule has 0 spiro atoms. The summed E-state index contributed by atoms with van der Waals surface area (Å²) in [6, 6.07) is 7.33. The zero-order valence-electron chi connectivity index (χ0n) is 13.0. The molecule has 0 saturated heterocycles. The first kappa shape index (κ1) is 14.4. The van der Waals surface area contributed by atoms with Gasteiger partial charge in [-0.3, -0.25) is 4.57 Å². The predicted octanol–water partition coefficient (Wildman–Crippen LogP) is 3.25. The number of hydrogen-bond donors (Lipinski definition) is 1. The quantitative estimate of drug-likeness (QED) is 0.586. The van der Waals surface area contributed by atoms with Gasteiger partial charge in [0.2, 0.25) is 5.13 Å². The van der Waals surface area contributed by atoms with Crippen LogP contribution in [0.25, 0.3) is 21.8 Å².